The molecule has 24 heavy (non-hydrogen) atoms. The molecule has 0 aliphatic carbocycles. The molecule has 1 atom stereocenters. The maximum atomic E-state index is 12.4. The van der Waals surface area contributed by atoms with E-state index in [0.717, 1.165) is 0 Å². The summed E-state index contributed by atoms with van der Waals surface area (Å²) in [5.74, 6) is -0.510. The van der Waals surface area contributed by atoms with Crippen molar-refractivity contribution in [2.24, 2.45) is 0 Å². The van der Waals surface area contributed by atoms with Gasteiger partial charge in [0.2, 0.25) is 0 Å². The fourth-order valence-corrected chi connectivity index (χ4v) is 2.41. The molecule has 0 bridgehead atoms. The Kier molecular flexibility index (Phi) is 5.18. The molecule has 8 nitrogen and oxygen atoms in total. The topological polar surface area (TPSA) is 102 Å². The number of carbonyl (C=O) groups excluding carboxylic acids is 2. The molecule has 1 aromatic carbocycles. The van der Waals surface area contributed by atoms with Gasteiger partial charge in [-0.15, -0.1) is 0 Å². The van der Waals surface area contributed by atoms with Crippen LogP contribution in [0.2, 0.25) is 0 Å². The number of rotatable bonds is 5. The van der Waals surface area contributed by atoms with Gasteiger partial charge in [0.1, 0.15) is 0 Å². The number of non-ortho nitro benzene ring substituents is 1. The molecule has 128 valence electrons. The smallest absolute Gasteiger partial charge is 0.338 e. The molecule has 1 N–H and O–H groups in total. The Balaban J connectivity index is 2.42. The first kappa shape index (κ1) is 17.5. The number of amides is 2. The molecular formula is C16H19N3O5. The predicted octanol–water partition coefficient (Wildman–Crippen LogP) is 2.52. The third-order valence-corrected chi connectivity index (χ3v) is 3.85. The van der Waals surface area contributed by atoms with Gasteiger partial charge in [-0.1, -0.05) is 6.92 Å². The van der Waals surface area contributed by atoms with Gasteiger partial charge in [0, 0.05) is 24.9 Å². The summed E-state index contributed by atoms with van der Waals surface area (Å²) >= 11 is 0. The van der Waals surface area contributed by atoms with E-state index in [4.69, 9.17) is 4.74 Å². The van der Waals surface area contributed by atoms with Crippen LogP contribution in [-0.2, 0) is 9.53 Å². The lowest BCUT2D eigenvalue weighted by atomic mass is 9.95. The first-order chi connectivity index (χ1) is 11.4. The zero-order valence-corrected chi connectivity index (χ0v) is 13.7. The highest BCUT2D eigenvalue weighted by molar-refractivity contribution is 5.95. The largest absolute Gasteiger partial charge is 0.462 e. The van der Waals surface area contributed by atoms with Crippen molar-refractivity contribution in [1.29, 1.82) is 0 Å². The van der Waals surface area contributed by atoms with E-state index < -0.39 is 16.9 Å². The molecule has 0 spiro atoms. The molecule has 2 rings (SSSR count). The van der Waals surface area contributed by atoms with E-state index in [1.165, 1.54) is 29.2 Å². The first-order valence-corrected chi connectivity index (χ1v) is 7.53. The number of hydrogen-bond donors (Lipinski definition) is 1. The Hall–Kier alpha value is -2.90. The lowest BCUT2D eigenvalue weighted by Crippen LogP contribution is -2.46. The monoisotopic (exact) mass is 333 g/mol. The summed E-state index contributed by atoms with van der Waals surface area (Å²) in [6.45, 7) is 3.83. The molecule has 0 aromatic heterocycles. The average Bonchev–Trinajstić information content (AvgIpc) is 2.57. The molecule has 0 saturated carbocycles. The predicted molar refractivity (Wildman–Crippen MR) is 86.1 cm³/mol. The number of nitro groups is 1. The van der Waals surface area contributed by atoms with Gasteiger partial charge in [-0.2, -0.15) is 0 Å². The van der Waals surface area contributed by atoms with Crippen molar-refractivity contribution in [3.05, 3.63) is 51.2 Å². The van der Waals surface area contributed by atoms with Crippen molar-refractivity contribution >= 4 is 17.7 Å². The molecule has 1 aromatic rings. The van der Waals surface area contributed by atoms with Crippen LogP contribution in [0.5, 0.6) is 0 Å². The molecular weight excluding hydrogens is 314 g/mol. The number of nitrogens with zero attached hydrogens (tertiary/aromatic N) is 2. The lowest BCUT2D eigenvalue weighted by molar-refractivity contribution is -0.384. The summed E-state index contributed by atoms with van der Waals surface area (Å²) in [6, 6.07) is 4.65. The third kappa shape index (κ3) is 3.37. The van der Waals surface area contributed by atoms with Crippen LogP contribution < -0.4 is 5.32 Å². The van der Waals surface area contributed by atoms with Crippen molar-refractivity contribution < 1.29 is 19.2 Å². The van der Waals surface area contributed by atoms with Crippen LogP contribution in [0.1, 0.15) is 31.9 Å². The number of allylic oxidation sites excluding steroid dienone is 1. The summed E-state index contributed by atoms with van der Waals surface area (Å²) in [4.78, 5) is 36.1. The minimum absolute atomic E-state index is 0.0613. The Labute approximate surface area is 139 Å². The van der Waals surface area contributed by atoms with Gasteiger partial charge in [-0.05, 0) is 31.0 Å². The Morgan fingerprint density at radius 3 is 2.54 bits per heavy atom. The molecule has 2 amide bonds. The number of nitro benzene ring substituents is 1. The van der Waals surface area contributed by atoms with Gasteiger partial charge in [0.25, 0.3) is 5.69 Å². The van der Waals surface area contributed by atoms with Gasteiger partial charge in [0.05, 0.1) is 23.1 Å². The van der Waals surface area contributed by atoms with E-state index in [1.54, 1.807) is 14.0 Å². The fraction of sp³-hybridized carbons (Fsp3) is 0.375. The maximum Gasteiger partial charge on any atom is 0.338 e. The summed E-state index contributed by atoms with van der Waals surface area (Å²) in [6.07, 6.45) is 0.683. The summed E-state index contributed by atoms with van der Waals surface area (Å²) in [5, 5.41) is 13.5. The van der Waals surface area contributed by atoms with Crippen molar-refractivity contribution in [3.8, 4) is 0 Å². The number of nitrogens with one attached hydrogen (secondary N) is 1. The number of hydrogen-bond acceptors (Lipinski definition) is 5. The van der Waals surface area contributed by atoms with Crippen molar-refractivity contribution in [1.82, 2.24) is 10.2 Å². The SMILES string of the molecule is CCCOC(=O)C1=C(C)N(C)C(=O)NC1c1ccc([N+](=O)[O-])cc1. The third-order valence-electron chi connectivity index (χ3n) is 3.85. The van der Waals surface area contributed by atoms with E-state index in [0.29, 0.717) is 23.3 Å². The Morgan fingerprint density at radius 2 is 2.00 bits per heavy atom. The van der Waals surface area contributed by atoms with Crippen molar-refractivity contribution in [2.75, 3.05) is 13.7 Å². The van der Waals surface area contributed by atoms with E-state index in [-0.39, 0.29) is 18.3 Å². The van der Waals surface area contributed by atoms with Crippen LogP contribution in [0.15, 0.2) is 35.5 Å². The number of urea groups is 1. The van der Waals surface area contributed by atoms with E-state index in [1.807, 2.05) is 6.92 Å². The molecule has 1 heterocycles. The fourth-order valence-electron chi connectivity index (χ4n) is 2.41. The summed E-state index contributed by atoms with van der Waals surface area (Å²) < 4.78 is 5.22. The van der Waals surface area contributed by atoms with Crippen LogP contribution in [0.3, 0.4) is 0 Å². The van der Waals surface area contributed by atoms with E-state index >= 15 is 0 Å². The highest BCUT2D eigenvalue weighted by Gasteiger charge is 2.35. The number of benzene rings is 1. The molecule has 1 aliphatic heterocycles. The summed E-state index contributed by atoms with van der Waals surface area (Å²) in [7, 11) is 1.56. The zero-order valence-electron chi connectivity index (χ0n) is 13.7. The van der Waals surface area contributed by atoms with Crippen LogP contribution >= 0.6 is 0 Å². The van der Waals surface area contributed by atoms with Gasteiger partial charge < -0.3 is 15.0 Å². The number of ether oxygens (including phenoxy) is 1. The van der Waals surface area contributed by atoms with Crippen LogP contribution in [0.4, 0.5) is 10.5 Å². The summed E-state index contributed by atoms with van der Waals surface area (Å²) in [5.41, 5.74) is 1.32. The number of esters is 1. The van der Waals surface area contributed by atoms with Crippen LogP contribution in [-0.4, -0.2) is 35.5 Å². The van der Waals surface area contributed by atoms with Gasteiger partial charge in [-0.25, -0.2) is 9.59 Å². The lowest BCUT2D eigenvalue weighted by Gasteiger charge is -2.33. The van der Waals surface area contributed by atoms with Gasteiger partial charge in [-0.3, -0.25) is 10.1 Å². The molecule has 0 radical (unpaired) electrons. The second kappa shape index (κ2) is 7.12. The second-order valence-corrected chi connectivity index (χ2v) is 5.43. The Bertz CT molecular complexity index is 696. The van der Waals surface area contributed by atoms with Crippen LogP contribution in [0, 0.1) is 10.1 Å². The van der Waals surface area contributed by atoms with Crippen molar-refractivity contribution in [2.45, 2.75) is 26.3 Å². The quantitative estimate of drug-likeness (QED) is 0.507. The minimum Gasteiger partial charge on any atom is -0.462 e. The highest BCUT2D eigenvalue weighted by atomic mass is 16.6. The normalized spacial score (nSPS) is 17.5. The highest BCUT2D eigenvalue weighted by Crippen LogP contribution is 2.31. The maximum absolute atomic E-state index is 12.4. The van der Waals surface area contributed by atoms with Crippen molar-refractivity contribution in [3.63, 3.8) is 0 Å². The number of carbonyl (C=O) groups is 2. The first-order valence-electron chi connectivity index (χ1n) is 7.53. The molecule has 0 saturated heterocycles. The minimum atomic E-state index is -0.709. The standard InChI is InChI=1S/C16H19N3O5/c1-4-9-24-15(20)13-10(2)18(3)16(21)17-14(13)11-5-7-12(8-6-11)19(22)23/h5-8,14H,4,9H2,1-3H3,(H,17,21). The Morgan fingerprint density at radius 1 is 1.38 bits per heavy atom. The molecule has 8 heteroatoms. The van der Waals surface area contributed by atoms with Gasteiger partial charge >= 0.3 is 12.0 Å². The average molecular weight is 333 g/mol. The van der Waals surface area contributed by atoms with Gasteiger partial charge in [0.15, 0.2) is 0 Å². The molecule has 1 aliphatic rings. The molecule has 0 fully saturated rings. The second-order valence-electron chi connectivity index (χ2n) is 5.43. The van der Waals surface area contributed by atoms with Crippen LogP contribution in [0.25, 0.3) is 0 Å². The zero-order chi connectivity index (χ0) is 17.9. The van der Waals surface area contributed by atoms with E-state index in [9.17, 15) is 19.7 Å². The van der Waals surface area contributed by atoms with E-state index in [2.05, 4.69) is 5.32 Å². The molecule has 1 unspecified atom stereocenters.